The number of carbonyl (C=O) groups excluding carboxylic acids is 1. The minimum absolute atomic E-state index is 0.257. The van der Waals surface area contributed by atoms with Gasteiger partial charge in [0.1, 0.15) is 18.4 Å². The number of amides is 1. The van der Waals surface area contributed by atoms with E-state index in [1.54, 1.807) is 23.9 Å². The van der Waals surface area contributed by atoms with Crippen molar-refractivity contribution in [1.29, 1.82) is 0 Å². The fourth-order valence-corrected chi connectivity index (χ4v) is 2.26. The van der Waals surface area contributed by atoms with E-state index in [2.05, 4.69) is 10.4 Å². The summed E-state index contributed by atoms with van der Waals surface area (Å²) < 4.78 is 7.35. The second-order valence-electron chi connectivity index (χ2n) is 4.84. The molecule has 2 aromatic carbocycles. The SMILES string of the molecule is Cn1nc(NC(=O)[O-])c2ccc(OCc3ccccc3)cc21. The Kier molecular flexibility index (Phi) is 3.65. The van der Waals surface area contributed by atoms with E-state index in [4.69, 9.17) is 4.74 Å². The topological polar surface area (TPSA) is 79.2 Å². The maximum atomic E-state index is 10.7. The van der Waals surface area contributed by atoms with Crippen molar-refractivity contribution >= 4 is 22.8 Å². The van der Waals surface area contributed by atoms with Crippen LogP contribution in [0.1, 0.15) is 5.56 Å². The highest BCUT2D eigenvalue weighted by molar-refractivity contribution is 5.96. The van der Waals surface area contributed by atoms with Gasteiger partial charge < -0.3 is 20.0 Å². The molecule has 0 unspecified atom stereocenters. The predicted octanol–water partition coefficient (Wildman–Crippen LogP) is 1.91. The number of carboxylic acid groups (broad SMARTS) is 1. The number of hydrogen-bond donors (Lipinski definition) is 1. The van der Waals surface area contributed by atoms with Crippen molar-refractivity contribution in [2.24, 2.45) is 7.05 Å². The third kappa shape index (κ3) is 2.85. The van der Waals surface area contributed by atoms with E-state index in [1.807, 2.05) is 36.4 Å². The highest BCUT2D eigenvalue weighted by Gasteiger charge is 2.09. The zero-order valence-corrected chi connectivity index (χ0v) is 11.9. The first-order chi connectivity index (χ1) is 10.6. The van der Waals surface area contributed by atoms with Gasteiger partial charge in [0.05, 0.1) is 5.52 Å². The van der Waals surface area contributed by atoms with Crippen molar-refractivity contribution < 1.29 is 14.6 Å². The molecule has 3 rings (SSSR count). The Balaban J connectivity index is 1.84. The maximum absolute atomic E-state index is 10.7. The summed E-state index contributed by atoms with van der Waals surface area (Å²) in [6, 6.07) is 15.2. The first-order valence-electron chi connectivity index (χ1n) is 6.75. The molecule has 6 nitrogen and oxygen atoms in total. The minimum atomic E-state index is -1.38. The molecule has 0 atom stereocenters. The summed E-state index contributed by atoms with van der Waals surface area (Å²) in [5.74, 6) is 0.950. The summed E-state index contributed by atoms with van der Waals surface area (Å²) in [7, 11) is 1.74. The van der Waals surface area contributed by atoms with Crippen LogP contribution in [0.5, 0.6) is 5.75 Å². The summed E-state index contributed by atoms with van der Waals surface area (Å²) in [4.78, 5) is 10.7. The van der Waals surface area contributed by atoms with Crippen LogP contribution in [-0.2, 0) is 13.7 Å². The first-order valence-corrected chi connectivity index (χ1v) is 6.75. The first kappa shape index (κ1) is 13.9. The van der Waals surface area contributed by atoms with Crippen molar-refractivity contribution in [3.8, 4) is 5.75 Å². The van der Waals surface area contributed by atoms with Gasteiger partial charge in [0.25, 0.3) is 0 Å². The lowest BCUT2D eigenvalue weighted by molar-refractivity contribution is -0.242. The number of carbonyl (C=O) groups is 1. The third-order valence-corrected chi connectivity index (χ3v) is 3.29. The van der Waals surface area contributed by atoms with Crippen molar-refractivity contribution in [2.45, 2.75) is 6.61 Å². The third-order valence-electron chi connectivity index (χ3n) is 3.29. The Morgan fingerprint density at radius 3 is 2.77 bits per heavy atom. The van der Waals surface area contributed by atoms with E-state index >= 15 is 0 Å². The molecule has 1 N–H and O–H groups in total. The lowest BCUT2D eigenvalue weighted by Crippen LogP contribution is -2.29. The highest BCUT2D eigenvalue weighted by Crippen LogP contribution is 2.26. The minimum Gasteiger partial charge on any atom is -0.530 e. The number of fused-ring (bicyclic) bond motifs is 1. The molecule has 0 spiro atoms. The van der Waals surface area contributed by atoms with Crippen LogP contribution < -0.4 is 15.2 Å². The van der Waals surface area contributed by atoms with Crippen LogP contribution in [0.15, 0.2) is 48.5 Å². The fraction of sp³-hybridized carbons (Fsp3) is 0.125. The summed E-state index contributed by atoms with van der Waals surface area (Å²) in [5, 5.41) is 17.6. The van der Waals surface area contributed by atoms with Crippen LogP contribution in [0, 0.1) is 0 Å². The van der Waals surface area contributed by atoms with Crippen molar-refractivity contribution in [2.75, 3.05) is 5.32 Å². The Labute approximate surface area is 126 Å². The predicted molar refractivity (Wildman–Crippen MR) is 80.5 cm³/mol. The van der Waals surface area contributed by atoms with Gasteiger partial charge in [0.15, 0.2) is 5.82 Å². The van der Waals surface area contributed by atoms with Crippen molar-refractivity contribution in [3.05, 3.63) is 54.1 Å². The van der Waals surface area contributed by atoms with Gasteiger partial charge >= 0.3 is 0 Å². The van der Waals surface area contributed by atoms with Gasteiger partial charge in [-0.15, -0.1) is 0 Å². The summed E-state index contributed by atoms with van der Waals surface area (Å²) in [5.41, 5.74) is 1.85. The maximum Gasteiger partial charge on any atom is 0.161 e. The molecule has 0 bridgehead atoms. The van der Waals surface area contributed by atoms with E-state index in [-0.39, 0.29) is 5.82 Å². The zero-order chi connectivity index (χ0) is 15.5. The Bertz CT molecular complexity index is 812. The number of anilines is 1. The Hall–Kier alpha value is -3.02. The van der Waals surface area contributed by atoms with Gasteiger partial charge in [-0.25, -0.2) is 0 Å². The number of hydrogen-bond acceptors (Lipinski definition) is 4. The van der Waals surface area contributed by atoms with Crippen LogP contribution >= 0.6 is 0 Å². The largest absolute Gasteiger partial charge is 0.530 e. The Morgan fingerprint density at radius 2 is 2.05 bits per heavy atom. The molecule has 3 aromatic rings. The number of aromatic nitrogens is 2. The monoisotopic (exact) mass is 296 g/mol. The number of aryl methyl sites for hydroxylation is 1. The van der Waals surface area contributed by atoms with Crippen molar-refractivity contribution in [1.82, 2.24) is 9.78 Å². The number of ether oxygens (including phenoxy) is 1. The van der Waals surface area contributed by atoms with Crippen LogP contribution in [0.2, 0.25) is 0 Å². The number of nitrogens with one attached hydrogen (secondary N) is 1. The number of benzene rings is 2. The molecule has 0 aliphatic rings. The molecule has 0 saturated heterocycles. The van der Waals surface area contributed by atoms with Gasteiger partial charge in [-0.1, -0.05) is 30.3 Å². The molecule has 1 amide bonds. The molecule has 1 aromatic heterocycles. The van der Waals surface area contributed by atoms with Gasteiger partial charge in [0, 0.05) is 18.5 Å². The lowest BCUT2D eigenvalue weighted by Gasteiger charge is -2.07. The molecular formula is C16H14N3O3-. The average Bonchev–Trinajstić information content (AvgIpc) is 2.81. The normalized spacial score (nSPS) is 10.6. The van der Waals surface area contributed by atoms with Crippen molar-refractivity contribution in [3.63, 3.8) is 0 Å². The molecule has 0 fully saturated rings. The van der Waals surface area contributed by atoms with Crippen LogP contribution in [0.4, 0.5) is 10.6 Å². The van der Waals surface area contributed by atoms with E-state index in [0.29, 0.717) is 17.7 Å². The molecule has 0 radical (unpaired) electrons. The molecular weight excluding hydrogens is 282 g/mol. The quantitative estimate of drug-likeness (QED) is 0.797. The standard InChI is InChI=1S/C16H15N3O3/c1-19-14-9-12(22-10-11-5-3-2-4-6-11)7-8-13(14)15(18-19)17-16(20)21/h2-9H,10H2,1H3,(H,17,18)(H,20,21)/p-1. The highest BCUT2D eigenvalue weighted by atomic mass is 16.5. The van der Waals surface area contributed by atoms with E-state index in [0.717, 1.165) is 11.1 Å². The Morgan fingerprint density at radius 1 is 1.27 bits per heavy atom. The molecule has 1 heterocycles. The van der Waals surface area contributed by atoms with Crippen LogP contribution in [0.25, 0.3) is 10.9 Å². The van der Waals surface area contributed by atoms with Crippen LogP contribution in [0.3, 0.4) is 0 Å². The smallest absolute Gasteiger partial charge is 0.161 e. The molecule has 0 saturated carbocycles. The molecule has 112 valence electrons. The average molecular weight is 296 g/mol. The van der Waals surface area contributed by atoms with E-state index in [1.165, 1.54) is 0 Å². The molecule has 0 aliphatic carbocycles. The summed E-state index contributed by atoms with van der Waals surface area (Å²) >= 11 is 0. The van der Waals surface area contributed by atoms with Gasteiger partial charge in [0.2, 0.25) is 0 Å². The number of rotatable bonds is 4. The second kappa shape index (κ2) is 5.77. The fourth-order valence-electron chi connectivity index (χ4n) is 2.26. The second-order valence-corrected chi connectivity index (χ2v) is 4.84. The summed E-state index contributed by atoms with van der Waals surface area (Å²) in [6.07, 6.45) is -1.38. The molecule has 6 heteroatoms. The molecule has 22 heavy (non-hydrogen) atoms. The molecule has 0 aliphatic heterocycles. The van der Waals surface area contributed by atoms with Crippen LogP contribution in [-0.4, -0.2) is 15.9 Å². The van der Waals surface area contributed by atoms with E-state index < -0.39 is 6.09 Å². The lowest BCUT2D eigenvalue weighted by atomic mass is 10.2. The van der Waals surface area contributed by atoms with Gasteiger partial charge in [-0.3, -0.25) is 4.68 Å². The van der Waals surface area contributed by atoms with E-state index in [9.17, 15) is 9.90 Å². The van der Waals surface area contributed by atoms with Gasteiger partial charge in [-0.2, -0.15) is 5.10 Å². The zero-order valence-electron chi connectivity index (χ0n) is 11.9. The van der Waals surface area contributed by atoms with Gasteiger partial charge in [-0.05, 0) is 17.7 Å². The number of nitrogens with zero attached hydrogens (tertiary/aromatic N) is 2. The summed E-state index contributed by atoms with van der Waals surface area (Å²) in [6.45, 7) is 0.467.